The summed E-state index contributed by atoms with van der Waals surface area (Å²) in [7, 11) is 0. The molecule has 1 aromatic carbocycles. The highest BCUT2D eigenvalue weighted by Gasteiger charge is 2.32. The second-order valence-electron chi connectivity index (χ2n) is 5.83. The van der Waals surface area contributed by atoms with Gasteiger partial charge in [0.05, 0.1) is 34.8 Å². The Balaban J connectivity index is 0.00000264. The smallest absolute Gasteiger partial charge is 0.251 e. The van der Waals surface area contributed by atoms with Crippen molar-refractivity contribution in [3.63, 3.8) is 0 Å². The lowest BCUT2D eigenvalue weighted by atomic mass is 9.93. The molecule has 8 heteroatoms. The van der Waals surface area contributed by atoms with Gasteiger partial charge in [-0.1, -0.05) is 35.3 Å². The molecule has 1 amide bonds. The Morgan fingerprint density at radius 2 is 2.17 bits per heavy atom. The van der Waals surface area contributed by atoms with Crippen molar-refractivity contribution in [3.8, 4) is 0 Å². The first-order valence-corrected chi connectivity index (χ1v) is 7.83. The highest BCUT2D eigenvalue weighted by atomic mass is 35.5. The summed E-state index contributed by atoms with van der Waals surface area (Å²) in [5, 5.41) is 15.9. The molecule has 0 saturated carbocycles. The van der Waals surface area contributed by atoms with Crippen LogP contribution in [0.15, 0.2) is 18.2 Å². The van der Waals surface area contributed by atoms with E-state index in [0.717, 1.165) is 5.56 Å². The van der Waals surface area contributed by atoms with Crippen molar-refractivity contribution < 1.29 is 14.6 Å². The Bertz CT molecular complexity index is 547. The summed E-state index contributed by atoms with van der Waals surface area (Å²) in [5.41, 5.74) is 0.0583. The molecular weight excluding hydrogens is 363 g/mol. The van der Waals surface area contributed by atoms with Crippen LogP contribution in [0.1, 0.15) is 19.4 Å². The van der Waals surface area contributed by atoms with Gasteiger partial charge in [-0.2, -0.15) is 0 Å². The predicted molar refractivity (Wildman–Crippen MR) is 93.5 cm³/mol. The van der Waals surface area contributed by atoms with Gasteiger partial charge in [-0.25, -0.2) is 0 Å². The molecule has 1 aliphatic rings. The average Bonchev–Trinajstić information content (AvgIpc) is 2.49. The molecule has 0 spiro atoms. The Hall–Kier alpha value is -0.560. The number of benzene rings is 1. The van der Waals surface area contributed by atoms with Crippen molar-refractivity contribution in [1.29, 1.82) is 0 Å². The molecule has 130 valence electrons. The summed E-state index contributed by atoms with van der Waals surface area (Å²) in [5.74, 6) is -0.232. The molecular formula is C15H21Cl3N2O3. The monoisotopic (exact) mass is 382 g/mol. The van der Waals surface area contributed by atoms with Crippen LogP contribution < -0.4 is 10.6 Å². The number of aliphatic hydroxyl groups excluding tert-OH is 1. The number of halogens is 3. The third kappa shape index (κ3) is 4.95. The molecule has 0 aliphatic carbocycles. The van der Waals surface area contributed by atoms with Gasteiger partial charge in [0.25, 0.3) is 5.91 Å². The average molecular weight is 384 g/mol. The summed E-state index contributed by atoms with van der Waals surface area (Å²) in [4.78, 5) is 12.4. The number of carbonyl (C=O) groups is 1. The number of hydrogen-bond donors (Lipinski definition) is 3. The van der Waals surface area contributed by atoms with Crippen molar-refractivity contribution in [3.05, 3.63) is 33.8 Å². The van der Waals surface area contributed by atoms with E-state index in [1.165, 1.54) is 0 Å². The fourth-order valence-corrected chi connectivity index (χ4v) is 2.89. The largest absolute Gasteiger partial charge is 0.395 e. The van der Waals surface area contributed by atoms with E-state index >= 15 is 0 Å². The molecule has 1 saturated heterocycles. The van der Waals surface area contributed by atoms with E-state index in [0.29, 0.717) is 23.2 Å². The maximum atomic E-state index is 12.4. The van der Waals surface area contributed by atoms with Crippen LogP contribution in [0.25, 0.3) is 0 Å². The van der Waals surface area contributed by atoms with E-state index in [-0.39, 0.29) is 31.0 Å². The minimum absolute atomic E-state index is 0. The van der Waals surface area contributed by atoms with E-state index in [1.807, 2.05) is 19.9 Å². The highest BCUT2D eigenvalue weighted by molar-refractivity contribution is 6.42. The van der Waals surface area contributed by atoms with Gasteiger partial charge in [-0.15, -0.1) is 12.4 Å². The number of carbonyl (C=O) groups excluding carboxylic acids is 1. The molecule has 0 radical (unpaired) electrons. The standard InChI is InChI=1S/C15H20Cl2N2O3.ClH/c1-15(2,10-4-3-5-11(16)13(10)17)19-14(21)12-6-18-9(7-20)8-22-12;/h3-5,9,12,18,20H,6-8H2,1-2H3,(H,19,21);1H/t9-,12+;/m1./s1. The van der Waals surface area contributed by atoms with E-state index in [1.54, 1.807) is 12.1 Å². The second-order valence-corrected chi connectivity index (χ2v) is 6.61. The first-order valence-electron chi connectivity index (χ1n) is 7.07. The van der Waals surface area contributed by atoms with Crippen LogP contribution in [0.5, 0.6) is 0 Å². The van der Waals surface area contributed by atoms with Crippen LogP contribution in [0.4, 0.5) is 0 Å². The molecule has 0 aromatic heterocycles. The quantitative estimate of drug-likeness (QED) is 0.745. The summed E-state index contributed by atoms with van der Waals surface area (Å²) in [6.07, 6.45) is -0.597. The Morgan fingerprint density at radius 3 is 2.74 bits per heavy atom. The molecule has 3 N–H and O–H groups in total. The van der Waals surface area contributed by atoms with Crippen molar-refractivity contribution in [2.24, 2.45) is 0 Å². The van der Waals surface area contributed by atoms with Gasteiger partial charge in [0.2, 0.25) is 0 Å². The van der Waals surface area contributed by atoms with E-state index in [9.17, 15) is 4.79 Å². The van der Waals surface area contributed by atoms with Crippen LogP contribution in [-0.4, -0.2) is 42.9 Å². The molecule has 0 unspecified atom stereocenters. The number of morpholine rings is 1. The van der Waals surface area contributed by atoms with Crippen molar-refractivity contribution >= 4 is 41.5 Å². The minimum atomic E-state index is -0.684. The lowest BCUT2D eigenvalue weighted by Crippen LogP contribution is -2.56. The van der Waals surface area contributed by atoms with Crippen LogP contribution in [0.2, 0.25) is 10.0 Å². The zero-order chi connectivity index (χ0) is 16.3. The fraction of sp³-hybridized carbons (Fsp3) is 0.533. The Labute approximate surface area is 152 Å². The maximum Gasteiger partial charge on any atom is 0.251 e. The number of nitrogens with one attached hydrogen (secondary N) is 2. The molecule has 1 fully saturated rings. The van der Waals surface area contributed by atoms with Gasteiger partial charge in [0.1, 0.15) is 6.10 Å². The van der Waals surface area contributed by atoms with Gasteiger partial charge in [0.15, 0.2) is 0 Å². The first kappa shape index (κ1) is 20.5. The van der Waals surface area contributed by atoms with E-state index in [2.05, 4.69) is 10.6 Å². The first-order chi connectivity index (χ1) is 10.3. The van der Waals surface area contributed by atoms with Crippen LogP contribution in [0.3, 0.4) is 0 Å². The number of ether oxygens (including phenoxy) is 1. The molecule has 2 atom stereocenters. The van der Waals surface area contributed by atoms with Gasteiger partial charge < -0.3 is 20.5 Å². The SMILES string of the molecule is CC(C)(NC(=O)[C@@H]1CN[C@H](CO)CO1)c1cccc(Cl)c1Cl.Cl. The molecule has 5 nitrogen and oxygen atoms in total. The third-order valence-electron chi connectivity index (χ3n) is 3.66. The highest BCUT2D eigenvalue weighted by Crippen LogP contribution is 2.33. The van der Waals surface area contributed by atoms with Gasteiger partial charge in [0, 0.05) is 6.54 Å². The number of rotatable bonds is 4. The second kappa shape index (κ2) is 8.51. The molecule has 1 heterocycles. The molecule has 1 aromatic rings. The summed E-state index contributed by atoms with van der Waals surface area (Å²) in [6, 6.07) is 5.20. The molecule has 2 rings (SSSR count). The maximum absolute atomic E-state index is 12.4. The zero-order valence-electron chi connectivity index (χ0n) is 12.9. The zero-order valence-corrected chi connectivity index (χ0v) is 15.3. The lowest BCUT2D eigenvalue weighted by Gasteiger charge is -2.33. The Kier molecular flexibility index (Phi) is 7.58. The van der Waals surface area contributed by atoms with Gasteiger partial charge in [-0.05, 0) is 25.5 Å². The van der Waals surface area contributed by atoms with Crippen LogP contribution in [0, 0.1) is 0 Å². The predicted octanol–water partition coefficient (Wildman–Crippen LogP) is 2.12. The number of amides is 1. The Morgan fingerprint density at radius 1 is 1.48 bits per heavy atom. The molecule has 1 aliphatic heterocycles. The summed E-state index contributed by atoms with van der Waals surface area (Å²) in [6.45, 7) is 4.35. The summed E-state index contributed by atoms with van der Waals surface area (Å²) >= 11 is 12.3. The van der Waals surface area contributed by atoms with Crippen LogP contribution in [-0.2, 0) is 15.1 Å². The lowest BCUT2D eigenvalue weighted by molar-refractivity contribution is -0.137. The number of hydrogen-bond acceptors (Lipinski definition) is 4. The third-order valence-corrected chi connectivity index (χ3v) is 4.48. The normalized spacial score (nSPS) is 21.4. The molecule has 0 bridgehead atoms. The van der Waals surface area contributed by atoms with Crippen molar-refractivity contribution in [2.45, 2.75) is 31.5 Å². The topological polar surface area (TPSA) is 70.6 Å². The fourth-order valence-electron chi connectivity index (χ4n) is 2.35. The van der Waals surface area contributed by atoms with Crippen LogP contribution >= 0.6 is 35.6 Å². The van der Waals surface area contributed by atoms with Gasteiger partial charge >= 0.3 is 0 Å². The van der Waals surface area contributed by atoms with E-state index in [4.69, 9.17) is 33.0 Å². The minimum Gasteiger partial charge on any atom is -0.395 e. The van der Waals surface area contributed by atoms with E-state index < -0.39 is 11.6 Å². The van der Waals surface area contributed by atoms with Crippen molar-refractivity contribution in [1.82, 2.24) is 10.6 Å². The van der Waals surface area contributed by atoms with Crippen molar-refractivity contribution in [2.75, 3.05) is 19.8 Å². The number of aliphatic hydroxyl groups is 1. The summed E-state index contributed by atoms with van der Waals surface area (Å²) < 4.78 is 5.49. The molecule has 23 heavy (non-hydrogen) atoms. The van der Waals surface area contributed by atoms with Gasteiger partial charge in [-0.3, -0.25) is 4.79 Å².